The number of aliphatic hydroxyl groups is 1. The first-order valence-electron chi connectivity index (χ1n) is 8.28. The third-order valence-electron chi connectivity index (χ3n) is 4.47. The van der Waals surface area contributed by atoms with Gasteiger partial charge in [-0.1, -0.05) is 41.5 Å². The maximum atomic E-state index is 9.41. The van der Waals surface area contributed by atoms with Crippen LogP contribution in [0.15, 0.2) is 47.1 Å². The minimum absolute atomic E-state index is 0.202. The molecule has 1 heteroatoms. The van der Waals surface area contributed by atoms with Crippen LogP contribution < -0.4 is 0 Å². The molecule has 0 radical (unpaired) electrons. The van der Waals surface area contributed by atoms with Gasteiger partial charge >= 0.3 is 0 Å². The summed E-state index contributed by atoms with van der Waals surface area (Å²) in [6.07, 6.45) is 14.6. The van der Waals surface area contributed by atoms with Crippen LogP contribution in [0.1, 0.15) is 65.7 Å². The number of allylic oxidation sites excluding steroid dienone is 6. The minimum atomic E-state index is 0.202. The Morgan fingerprint density at radius 3 is 2.43 bits per heavy atom. The van der Waals surface area contributed by atoms with Crippen molar-refractivity contribution < 1.29 is 5.11 Å². The first-order valence-corrected chi connectivity index (χ1v) is 8.28. The van der Waals surface area contributed by atoms with Crippen LogP contribution in [0.5, 0.6) is 0 Å². The van der Waals surface area contributed by atoms with Gasteiger partial charge in [-0.05, 0) is 77.2 Å². The second-order valence-electron chi connectivity index (χ2n) is 6.52. The summed E-state index contributed by atoms with van der Waals surface area (Å²) in [6, 6.07) is 0. The predicted octanol–water partition coefficient (Wildman–Crippen LogP) is 5.73. The fourth-order valence-electron chi connectivity index (χ4n) is 2.77. The standard InChI is InChI=1S/C20H32O/c1-16(2)20-13-11-17(3)7-5-9-19(15-21)10-6-8-18(4)12-14-20/h7,10,12,20-21H,1,5-6,8-9,11,13-15H2,2-4H3. The Hall–Kier alpha value is -1.08. The van der Waals surface area contributed by atoms with E-state index in [0.29, 0.717) is 5.92 Å². The zero-order chi connectivity index (χ0) is 15.7. The van der Waals surface area contributed by atoms with Crippen molar-refractivity contribution in [3.63, 3.8) is 0 Å². The molecule has 0 saturated carbocycles. The lowest BCUT2D eigenvalue weighted by Crippen LogP contribution is -2.01. The van der Waals surface area contributed by atoms with Gasteiger partial charge in [-0.25, -0.2) is 0 Å². The van der Waals surface area contributed by atoms with Crippen molar-refractivity contribution in [1.82, 2.24) is 0 Å². The summed E-state index contributed by atoms with van der Waals surface area (Å²) in [6.45, 7) is 11.0. The smallest absolute Gasteiger partial charge is 0.0641 e. The molecule has 1 nitrogen and oxygen atoms in total. The molecule has 1 rings (SSSR count). The van der Waals surface area contributed by atoms with Crippen molar-refractivity contribution in [1.29, 1.82) is 0 Å². The van der Waals surface area contributed by atoms with Crippen molar-refractivity contribution in [2.24, 2.45) is 5.92 Å². The Morgan fingerprint density at radius 2 is 1.76 bits per heavy atom. The van der Waals surface area contributed by atoms with Gasteiger partial charge in [0.05, 0.1) is 6.61 Å². The van der Waals surface area contributed by atoms with E-state index >= 15 is 0 Å². The lowest BCUT2D eigenvalue weighted by Gasteiger charge is -2.16. The zero-order valence-corrected chi connectivity index (χ0v) is 14.1. The average molecular weight is 288 g/mol. The monoisotopic (exact) mass is 288 g/mol. The fourth-order valence-corrected chi connectivity index (χ4v) is 2.77. The van der Waals surface area contributed by atoms with E-state index < -0.39 is 0 Å². The lowest BCUT2D eigenvalue weighted by molar-refractivity contribution is 0.326. The molecular formula is C20H32O. The Labute approximate surface area is 131 Å². The Bertz CT molecular complexity index is 423. The third-order valence-corrected chi connectivity index (χ3v) is 4.47. The molecule has 0 aromatic heterocycles. The number of rotatable bonds is 2. The molecule has 1 aliphatic carbocycles. The van der Waals surface area contributed by atoms with Crippen LogP contribution in [0.4, 0.5) is 0 Å². The van der Waals surface area contributed by atoms with Gasteiger partial charge in [0.2, 0.25) is 0 Å². The summed E-state index contributed by atoms with van der Waals surface area (Å²) in [5.41, 5.74) is 5.42. The van der Waals surface area contributed by atoms with Crippen LogP contribution in [-0.2, 0) is 0 Å². The van der Waals surface area contributed by atoms with E-state index in [-0.39, 0.29) is 6.61 Å². The lowest BCUT2D eigenvalue weighted by atomic mass is 9.89. The van der Waals surface area contributed by atoms with Crippen LogP contribution in [0.3, 0.4) is 0 Å². The Balaban J connectivity index is 2.80. The third kappa shape index (κ3) is 7.47. The van der Waals surface area contributed by atoms with Crippen molar-refractivity contribution >= 4 is 0 Å². The second kappa shape index (κ2) is 9.78. The maximum Gasteiger partial charge on any atom is 0.0641 e. The van der Waals surface area contributed by atoms with Crippen molar-refractivity contribution in [2.75, 3.05) is 6.61 Å². The normalized spacial score (nSPS) is 22.7. The van der Waals surface area contributed by atoms with Gasteiger partial charge in [0.15, 0.2) is 0 Å². The molecule has 0 spiro atoms. The van der Waals surface area contributed by atoms with E-state index in [9.17, 15) is 5.11 Å². The number of hydrogen-bond donors (Lipinski definition) is 1. The topological polar surface area (TPSA) is 20.2 Å². The van der Waals surface area contributed by atoms with Gasteiger partial charge in [-0.15, -0.1) is 0 Å². The molecule has 0 amide bonds. The highest BCUT2D eigenvalue weighted by Gasteiger charge is 2.09. The average Bonchev–Trinajstić information content (AvgIpc) is 2.44. The molecule has 0 aromatic rings. The van der Waals surface area contributed by atoms with Crippen LogP contribution in [0, 0.1) is 5.92 Å². The van der Waals surface area contributed by atoms with Gasteiger partial charge < -0.3 is 5.11 Å². The first kappa shape index (κ1) is 18.0. The highest BCUT2D eigenvalue weighted by Crippen LogP contribution is 2.24. The molecule has 0 fully saturated rings. The van der Waals surface area contributed by atoms with Crippen molar-refractivity contribution in [3.8, 4) is 0 Å². The largest absolute Gasteiger partial charge is 0.392 e. The van der Waals surface area contributed by atoms with E-state index in [1.54, 1.807) is 0 Å². The SMILES string of the molecule is C=C(C)C1CC=C(C)CCC=C(CO)CCC=C(C)CC1. The molecule has 1 atom stereocenters. The van der Waals surface area contributed by atoms with E-state index in [2.05, 4.69) is 45.6 Å². The van der Waals surface area contributed by atoms with Gasteiger partial charge in [0, 0.05) is 0 Å². The van der Waals surface area contributed by atoms with E-state index in [1.807, 2.05) is 0 Å². The molecule has 21 heavy (non-hydrogen) atoms. The van der Waals surface area contributed by atoms with Crippen LogP contribution >= 0.6 is 0 Å². The zero-order valence-electron chi connectivity index (χ0n) is 14.1. The Morgan fingerprint density at radius 1 is 1.10 bits per heavy atom. The second-order valence-corrected chi connectivity index (χ2v) is 6.52. The molecule has 1 N–H and O–H groups in total. The number of aliphatic hydroxyl groups excluding tert-OH is 1. The summed E-state index contributed by atoms with van der Waals surface area (Å²) in [7, 11) is 0. The fraction of sp³-hybridized carbons (Fsp3) is 0.600. The molecule has 1 aliphatic rings. The van der Waals surface area contributed by atoms with Crippen LogP contribution in [0.2, 0.25) is 0 Å². The highest BCUT2D eigenvalue weighted by molar-refractivity contribution is 5.11. The van der Waals surface area contributed by atoms with Gasteiger partial charge in [-0.3, -0.25) is 0 Å². The van der Waals surface area contributed by atoms with E-state index in [4.69, 9.17) is 0 Å². The van der Waals surface area contributed by atoms with Gasteiger partial charge in [0.1, 0.15) is 0 Å². The van der Waals surface area contributed by atoms with Crippen molar-refractivity contribution in [3.05, 3.63) is 47.1 Å². The summed E-state index contributed by atoms with van der Waals surface area (Å²) >= 11 is 0. The summed E-state index contributed by atoms with van der Waals surface area (Å²) in [5, 5.41) is 9.41. The summed E-state index contributed by atoms with van der Waals surface area (Å²) in [4.78, 5) is 0. The van der Waals surface area contributed by atoms with E-state index in [0.717, 1.165) is 38.5 Å². The molecule has 0 saturated heterocycles. The first-order chi connectivity index (χ1) is 10.0. The number of hydrogen-bond acceptors (Lipinski definition) is 1. The summed E-state index contributed by atoms with van der Waals surface area (Å²) < 4.78 is 0. The molecule has 0 heterocycles. The molecule has 1 unspecified atom stereocenters. The van der Waals surface area contributed by atoms with Crippen LogP contribution in [0.25, 0.3) is 0 Å². The summed E-state index contributed by atoms with van der Waals surface area (Å²) in [5.74, 6) is 0.606. The molecule has 118 valence electrons. The molecule has 0 bridgehead atoms. The maximum absolute atomic E-state index is 9.41. The highest BCUT2D eigenvalue weighted by atomic mass is 16.3. The van der Waals surface area contributed by atoms with E-state index in [1.165, 1.54) is 28.7 Å². The van der Waals surface area contributed by atoms with Gasteiger partial charge in [-0.2, -0.15) is 0 Å². The molecule has 0 aromatic carbocycles. The molecule has 0 aliphatic heterocycles. The van der Waals surface area contributed by atoms with Crippen molar-refractivity contribution in [2.45, 2.75) is 65.7 Å². The quantitative estimate of drug-likeness (QED) is 0.643. The molecular weight excluding hydrogens is 256 g/mol. The van der Waals surface area contributed by atoms with Gasteiger partial charge in [0.25, 0.3) is 0 Å². The predicted molar refractivity (Wildman–Crippen MR) is 93.3 cm³/mol. The Kier molecular flexibility index (Phi) is 8.37. The van der Waals surface area contributed by atoms with Crippen LogP contribution in [-0.4, -0.2) is 11.7 Å². The minimum Gasteiger partial charge on any atom is -0.392 e.